The van der Waals surface area contributed by atoms with Gasteiger partial charge < -0.3 is 5.32 Å². The van der Waals surface area contributed by atoms with Crippen molar-refractivity contribution in [2.75, 3.05) is 5.32 Å². The third-order valence-corrected chi connectivity index (χ3v) is 3.85. The minimum Gasteiger partial charge on any atom is -0.321 e. The second-order valence-electron chi connectivity index (χ2n) is 4.04. The number of aryl methyl sites for hydroxylation is 1. The van der Waals surface area contributed by atoms with Crippen molar-refractivity contribution in [1.29, 1.82) is 0 Å². The third kappa shape index (κ3) is 3.50. The van der Waals surface area contributed by atoms with Gasteiger partial charge in [-0.05, 0) is 48.9 Å². The summed E-state index contributed by atoms with van der Waals surface area (Å²) in [5.41, 5.74) is 1.93. The molecule has 0 radical (unpaired) electrons. The van der Waals surface area contributed by atoms with Crippen LogP contribution in [0.15, 0.2) is 40.9 Å². The summed E-state index contributed by atoms with van der Waals surface area (Å²) in [6.45, 7) is 1.86. The lowest BCUT2D eigenvalue weighted by Crippen LogP contribution is -2.12. The molecule has 0 saturated carbocycles. The fourth-order valence-corrected chi connectivity index (χ4v) is 2.23. The number of benzene rings is 2. The van der Waals surface area contributed by atoms with Crippen molar-refractivity contribution in [2.24, 2.45) is 0 Å². The van der Waals surface area contributed by atoms with Crippen molar-refractivity contribution in [1.82, 2.24) is 0 Å². The first-order chi connectivity index (χ1) is 8.97. The van der Waals surface area contributed by atoms with Crippen LogP contribution in [0.4, 0.5) is 5.69 Å². The molecule has 0 aliphatic heterocycles. The number of halogens is 3. The highest BCUT2D eigenvalue weighted by molar-refractivity contribution is 9.10. The molecule has 0 fully saturated rings. The van der Waals surface area contributed by atoms with E-state index in [1.807, 2.05) is 6.92 Å². The summed E-state index contributed by atoms with van der Waals surface area (Å²) in [6.07, 6.45) is 0. The van der Waals surface area contributed by atoms with Gasteiger partial charge in [-0.1, -0.05) is 39.1 Å². The van der Waals surface area contributed by atoms with Gasteiger partial charge in [0.05, 0.1) is 10.7 Å². The minimum absolute atomic E-state index is 0.227. The molecule has 0 unspecified atom stereocenters. The number of carbonyl (C=O) groups excluding carboxylic acids is 1. The molecule has 2 aromatic rings. The molecule has 0 saturated heterocycles. The van der Waals surface area contributed by atoms with Gasteiger partial charge in [-0.15, -0.1) is 0 Å². The highest BCUT2D eigenvalue weighted by Crippen LogP contribution is 2.29. The first-order valence-electron chi connectivity index (χ1n) is 5.50. The van der Waals surface area contributed by atoms with E-state index in [0.29, 0.717) is 21.3 Å². The van der Waals surface area contributed by atoms with Crippen LogP contribution in [0.1, 0.15) is 15.9 Å². The number of hydrogen-bond donors (Lipinski definition) is 1. The molecule has 2 rings (SSSR count). The van der Waals surface area contributed by atoms with Crippen LogP contribution in [-0.4, -0.2) is 5.91 Å². The predicted octanol–water partition coefficient (Wildman–Crippen LogP) is 5.32. The fraction of sp³-hybridized carbons (Fsp3) is 0.0714. The summed E-state index contributed by atoms with van der Waals surface area (Å²) < 4.78 is 0.917. The lowest BCUT2D eigenvalue weighted by molar-refractivity contribution is 0.102. The molecule has 0 aliphatic carbocycles. The van der Waals surface area contributed by atoms with Gasteiger partial charge in [0.1, 0.15) is 0 Å². The van der Waals surface area contributed by atoms with Crippen molar-refractivity contribution in [3.63, 3.8) is 0 Å². The number of nitrogens with one attached hydrogen (secondary N) is 1. The summed E-state index contributed by atoms with van der Waals surface area (Å²) >= 11 is 15.4. The molecule has 0 bridgehead atoms. The van der Waals surface area contributed by atoms with E-state index < -0.39 is 0 Å². The molecule has 2 nitrogen and oxygen atoms in total. The molecule has 0 spiro atoms. The lowest BCUT2D eigenvalue weighted by atomic mass is 10.2. The maximum atomic E-state index is 12.0. The quantitative estimate of drug-likeness (QED) is 0.773. The zero-order valence-electron chi connectivity index (χ0n) is 10.0. The largest absolute Gasteiger partial charge is 0.321 e. The van der Waals surface area contributed by atoms with Crippen LogP contribution >= 0.6 is 39.1 Å². The van der Waals surface area contributed by atoms with Crippen LogP contribution in [-0.2, 0) is 0 Å². The molecule has 5 heteroatoms. The van der Waals surface area contributed by atoms with Crippen molar-refractivity contribution < 1.29 is 4.79 Å². The van der Waals surface area contributed by atoms with Gasteiger partial charge >= 0.3 is 0 Å². The van der Waals surface area contributed by atoms with Crippen LogP contribution in [0, 0.1) is 6.92 Å². The SMILES string of the molecule is Cc1cc(Cl)c(NC(=O)c2ccc(Br)cc2)cc1Cl. The van der Waals surface area contributed by atoms with Gasteiger partial charge in [0.15, 0.2) is 0 Å². The predicted molar refractivity (Wildman–Crippen MR) is 83.3 cm³/mol. The second kappa shape index (κ2) is 5.95. The van der Waals surface area contributed by atoms with Gasteiger partial charge in [-0.2, -0.15) is 0 Å². The van der Waals surface area contributed by atoms with Crippen LogP contribution in [0.25, 0.3) is 0 Å². The van der Waals surface area contributed by atoms with E-state index in [2.05, 4.69) is 21.2 Å². The van der Waals surface area contributed by atoms with E-state index in [4.69, 9.17) is 23.2 Å². The Balaban J connectivity index is 2.24. The number of amides is 1. The number of carbonyl (C=O) groups is 1. The third-order valence-electron chi connectivity index (χ3n) is 2.60. The second-order valence-corrected chi connectivity index (χ2v) is 5.77. The number of hydrogen-bond acceptors (Lipinski definition) is 1. The van der Waals surface area contributed by atoms with Crippen molar-refractivity contribution >= 4 is 50.7 Å². The normalized spacial score (nSPS) is 10.3. The van der Waals surface area contributed by atoms with E-state index in [1.54, 1.807) is 36.4 Å². The van der Waals surface area contributed by atoms with Crippen molar-refractivity contribution in [3.8, 4) is 0 Å². The molecule has 1 N–H and O–H groups in total. The zero-order chi connectivity index (χ0) is 14.0. The number of rotatable bonds is 2. The van der Waals surface area contributed by atoms with Gasteiger partial charge in [-0.25, -0.2) is 0 Å². The Labute approximate surface area is 129 Å². The summed E-state index contributed by atoms with van der Waals surface area (Å²) in [4.78, 5) is 12.0. The average Bonchev–Trinajstić information content (AvgIpc) is 2.36. The van der Waals surface area contributed by atoms with Gasteiger partial charge in [0.25, 0.3) is 5.91 Å². The fourth-order valence-electron chi connectivity index (χ4n) is 1.54. The molecular weight excluding hydrogens is 349 g/mol. The standard InChI is InChI=1S/C14H10BrCl2NO/c1-8-6-12(17)13(7-11(8)16)18-14(19)9-2-4-10(15)5-3-9/h2-7H,1H3,(H,18,19). The highest BCUT2D eigenvalue weighted by atomic mass is 79.9. The van der Waals surface area contributed by atoms with Gasteiger partial charge in [0, 0.05) is 15.1 Å². The maximum Gasteiger partial charge on any atom is 0.255 e. The van der Waals surface area contributed by atoms with E-state index in [0.717, 1.165) is 10.0 Å². The van der Waals surface area contributed by atoms with Crippen LogP contribution in [0.2, 0.25) is 10.0 Å². The molecule has 2 aromatic carbocycles. The van der Waals surface area contributed by atoms with E-state index in [-0.39, 0.29) is 5.91 Å². The zero-order valence-corrected chi connectivity index (χ0v) is 13.1. The molecular formula is C14H10BrCl2NO. The lowest BCUT2D eigenvalue weighted by Gasteiger charge is -2.09. The molecule has 0 aliphatic rings. The Hall–Kier alpha value is -1.03. The van der Waals surface area contributed by atoms with Crippen LogP contribution < -0.4 is 5.32 Å². The molecule has 0 aromatic heterocycles. The Kier molecular flexibility index (Phi) is 4.50. The molecule has 0 heterocycles. The Morgan fingerprint density at radius 1 is 1.11 bits per heavy atom. The molecule has 98 valence electrons. The summed E-state index contributed by atoms with van der Waals surface area (Å²) in [5, 5.41) is 3.77. The smallest absolute Gasteiger partial charge is 0.255 e. The Morgan fingerprint density at radius 3 is 2.37 bits per heavy atom. The van der Waals surface area contributed by atoms with Crippen LogP contribution in [0.3, 0.4) is 0 Å². The number of anilines is 1. The first kappa shape index (κ1) is 14.4. The van der Waals surface area contributed by atoms with E-state index >= 15 is 0 Å². The van der Waals surface area contributed by atoms with Gasteiger partial charge in [-0.3, -0.25) is 4.79 Å². The minimum atomic E-state index is -0.227. The highest BCUT2D eigenvalue weighted by Gasteiger charge is 2.10. The topological polar surface area (TPSA) is 29.1 Å². The van der Waals surface area contributed by atoms with E-state index in [1.165, 1.54) is 0 Å². The Morgan fingerprint density at radius 2 is 1.74 bits per heavy atom. The Bertz CT molecular complexity index is 626. The van der Waals surface area contributed by atoms with E-state index in [9.17, 15) is 4.79 Å². The van der Waals surface area contributed by atoms with Crippen molar-refractivity contribution in [2.45, 2.75) is 6.92 Å². The molecule has 0 atom stereocenters. The first-order valence-corrected chi connectivity index (χ1v) is 7.05. The molecule has 19 heavy (non-hydrogen) atoms. The summed E-state index contributed by atoms with van der Waals surface area (Å²) in [7, 11) is 0. The summed E-state index contributed by atoms with van der Waals surface area (Å²) in [6, 6.07) is 10.4. The summed E-state index contributed by atoms with van der Waals surface area (Å²) in [5.74, 6) is -0.227. The van der Waals surface area contributed by atoms with Gasteiger partial charge in [0.2, 0.25) is 0 Å². The average molecular weight is 359 g/mol. The van der Waals surface area contributed by atoms with Crippen molar-refractivity contribution in [3.05, 3.63) is 62.0 Å². The maximum absolute atomic E-state index is 12.0. The van der Waals surface area contributed by atoms with Crippen LogP contribution in [0.5, 0.6) is 0 Å². The molecule has 1 amide bonds. The monoisotopic (exact) mass is 357 g/mol.